The van der Waals surface area contributed by atoms with E-state index in [-0.39, 0.29) is 0 Å². The number of hydrogen-bond donors (Lipinski definition) is 0. The first-order valence-electron chi connectivity index (χ1n) is 4.27. The quantitative estimate of drug-likeness (QED) is 0.730. The van der Waals surface area contributed by atoms with Crippen LogP contribution in [0, 0.1) is 6.92 Å². The molecule has 0 unspecified atom stereocenters. The van der Waals surface area contributed by atoms with Crippen LogP contribution in [0.1, 0.15) is 30.9 Å². The summed E-state index contributed by atoms with van der Waals surface area (Å²) in [6, 6.07) is 0. The molecule has 1 rings (SSSR count). The van der Waals surface area contributed by atoms with Crippen LogP contribution in [0.3, 0.4) is 0 Å². The predicted octanol–water partition coefficient (Wildman–Crippen LogP) is 3.18. The second-order valence-corrected chi connectivity index (χ2v) is 3.72. The van der Waals surface area contributed by atoms with Crippen LogP contribution in [0.5, 0.6) is 5.88 Å². The van der Waals surface area contributed by atoms with Crippen LogP contribution >= 0.6 is 11.6 Å². The zero-order chi connectivity index (χ0) is 10.0. The Morgan fingerprint density at radius 2 is 2.08 bits per heavy atom. The van der Waals surface area contributed by atoms with Crippen LogP contribution < -0.4 is 4.74 Å². The Kier molecular flexibility index (Phi) is 3.15. The van der Waals surface area contributed by atoms with Crippen LogP contribution in [0.25, 0.3) is 0 Å². The number of hydrogen-bond acceptors (Lipinski definition) is 2. The SMILES string of the molecule is COc1ncc(Cl)c(C(C)C)c1C. The van der Waals surface area contributed by atoms with Gasteiger partial charge in [-0.05, 0) is 18.4 Å². The summed E-state index contributed by atoms with van der Waals surface area (Å²) < 4.78 is 5.12. The second-order valence-electron chi connectivity index (χ2n) is 3.31. The summed E-state index contributed by atoms with van der Waals surface area (Å²) in [5, 5.41) is 0.716. The van der Waals surface area contributed by atoms with Gasteiger partial charge in [-0.1, -0.05) is 25.4 Å². The molecule has 13 heavy (non-hydrogen) atoms. The summed E-state index contributed by atoms with van der Waals surface area (Å²) in [6.45, 7) is 6.19. The van der Waals surface area contributed by atoms with E-state index in [1.807, 2.05) is 6.92 Å². The molecular weight excluding hydrogens is 186 g/mol. The lowest BCUT2D eigenvalue weighted by Crippen LogP contribution is -1.99. The molecular formula is C10H14ClNO. The van der Waals surface area contributed by atoms with Crippen LogP contribution in [0.4, 0.5) is 0 Å². The summed E-state index contributed by atoms with van der Waals surface area (Å²) in [4.78, 5) is 4.09. The molecule has 0 spiro atoms. The molecule has 1 aromatic rings. The van der Waals surface area contributed by atoms with Crippen LogP contribution in [-0.2, 0) is 0 Å². The minimum atomic E-state index is 0.393. The number of rotatable bonds is 2. The van der Waals surface area contributed by atoms with Gasteiger partial charge in [0, 0.05) is 11.8 Å². The van der Waals surface area contributed by atoms with Gasteiger partial charge in [-0.25, -0.2) is 4.98 Å². The predicted molar refractivity (Wildman–Crippen MR) is 54.6 cm³/mol. The van der Waals surface area contributed by atoms with Crippen LogP contribution in [0.2, 0.25) is 5.02 Å². The van der Waals surface area contributed by atoms with Crippen molar-refractivity contribution in [3.63, 3.8) is 0 Å². The summed E-state index contributed by atoms with van der Waals surface area (Å²) in [7, 11) is 1.62. The topological polar surface area (TPSA) is 22.1 Å². The van der Waals surface area contributed by atoms with Gasteiger partial charge >= 0.3 is 0 Å². The van der Waals surface area contributed by atoms with E-state index in [1.54, 1.807) is 13.3 Å². The summed E-state index contributed by atoms with van der Waals surface area (Å²) >= 11 is 6.04. The number of halogens is 1. The van der Waals surface area contributed by atoms with Crippen molar-refractivity contribution in [2.45, 2.75) is 26.7 Å². The number of ether oxygens (including phenoxy) is 1. The molecule has 0 atom stereocenters. The first-order valence-corrected chi connectivity index (χ1v) is 4.64. The van der Waals surface area contributed by atoms with Gasteiger partial charge in [0.25, 0.3) is 0 Å². The summed E-state index contributed by atoms with van der Waals surface area (Å²) in [5.74, 6) is 1.05. The third-order valence-corrected chi connectivity index (χ3v) is 2.35. The van der Waals surface area contributed by atoms with E-state index in [1.165, 1.54) is 0 Å². The number of nitrogens with zero attached hydrogens (tertiary/aromatic N) is 1. The van der Waals surface area contributed by atoms with Crippen molar-refractivity contribution in [2.75, 3.05) is 7.11 Å². The fourth-order valence-electron chi connectivity index (χ4n) is 1.49. The molecule has 1 aromatic heterocycles. The third-order valence-electron chi connectivity index (χ3n) is 2.05. The van der Waals surface area contributed by atoms with Gasteiger partial charge in [0.05, 0.1) is 12.1 Å². The largest absolute Gasteiger partial charge is 0.481 e. The van der Waals surface area contributed by atoms with Crippen molar-refractivity contribution in [3.05, 3.63) is 22.3 Å². The zero-order valence-electron chi connectivity index (χ0n) is 8.39. The van der Waals surface area contributed by atoms with E-state index in [0.29, 0.717) is 16.8 Å². The van der Waals surface area contributed by atoms with E-state index in [9.17, 15) is 0 Å². The fourth-order valence-corrected chi connectivity index (χ4v) is 1.90. The van der Waals surface area contributed by atoms with E-state index in [4.69, 9.17) is 16.3 Å². The lowest BCUT2D eigenvalue weighted by atomic mass is 10.00. The van der Waals surface area contributed by atoms with Gasteiger partial charge in [-0.2, -0.15) is 0 Å². The van der Waals surface area contributed by atoms with Gasteiger partial charge in [-0.3, -0.25) is 0 Å². The molecule has 0 saturated carbocycles. The van der Waals surface area contributed by atoms with Crippen LogP contribution in [-0.4, -0.2) is 12.1 Å². The Labute approximate surface area is 83.9 Å². The first-order chi connectivity index (χ1) is 6.07. The van der Waals surface area contributed by atoms with E-state index in [0.717, 1.165) is 11.1 Å². The Bertz CT molecular complexity index is 310. The highest BCUT2D eigenvalue weighted by molar-refractivity contribution is 6.31. The maximum Gasteiger partial charge on any atom is 0.216 e. The van der Waals surface area contributed by atoms with Crippen LogP contribution in [0.15, 0.2) is 6.20 Å². The summed E-state index contributed by atoms with van der Waals surface area (Å²) in [6.07, 6.45) is 1.64. The molecule has 3 heteroatoms. The molecule has 2 nitrogen and oxygen atoms in total. The molecule has 0 aliphatic rings. The maximum absolute atomic E-state index is 6.04. The molecule has 0 fully saturated rings. The van der Waals surface area contributed by atoms with Crippen molar-refractivity contribution in [2.24, 2.45) is 0 Å². The van der Waals surface area contributed by atoms with E-state index in [2.05, 4.69) is 18.8 Å². The van der Waals surface area contributed by atoms with Crippen molar-refractivity contribution < 1.29 is 4.74 Å². The van der Waals surface area contributed by atoms with Crippen molar-refractivity contribution in [1.29, 1.82) is 0 Å². The lowest BCUT2D eigenvalue weighted by molar-refractivity contribution is 0.393. The molecule has 1 heterocycles. The highest BCUT2D eigenvalue weighted by atomic mass is 35.5. The van der Waals surface area contributed by atoms with Crippen molar-refractivity contribution in [1.82, 2.24) is 4.98 Å². The number of methoxy groups -OCH3 is 1. The standard InChI is InChI=1S/C10H14ClNO/c1-6(2)9-7(3)10(13-4)12-5-8(9)11/h5-6H,1-4H3. The molecule has 0 aliphatic heterocycles. The second kappa shape index (κ2) is 3.97. The first kappa shape index (κ1) is 10.3. The van der Waals surface area contributed by atoms with Gasteiger partial charge < -0.3 is 4.74 Å². The fraction of sp³-hybridized carbons (Fsp3) is 0.500. The molecule has 0 radical (unpaired) electrons. The van der Waals surface area contributed by atoms with E-state index >= 15 is 0 Å². The lowest BCUT2D eigenvalue weighted by Gasteiger charge is -2.13. The third kappa shape index (κ3) is 1.94. The number of pyridine rings is 1. The minimum absolute atomic E-state index is 0.393. The molecule has 0 N–H and O–H groups in total. The monoisotopic (exact) mass is 199 g/mol. The molecule has 0 aliphatic carbocycles. The highest BCUT2D eigenvalue weighted by Crippen LogP contribution is 2.31. The molecule has 0 aromatic carbocycles. The molecule has 0 bridgehead atoms. The highest BCUT2D eigenvalue weighted by Gasteiger charge is 2.12. The van der Waals surface area contributed by atoms with Gasteiger partial charge in [0.1, 0.15) is 0 Å². The average molecular weight is 200 g/mol. The van der Waals surface area contributed by atoms with Crippen molar-refractivity contribution >= 4 is 11.6 Å². The van der Waals surface area contributed by atoms with Gasteiger partial charge in [0.2, 0.25) is 5.88 Å². The zero-order valence-corrected chi connectivity index (χ0v) is 9.14. The van der Waals surface area contributed by atoms with E-state index < -0.39 is 0 Å². The van der Waals surface area contributed by atoms with Gasteiger partial charge in [0.15, 0.2) is 0 Å². The Morgan fingerprint density at radius 3 is 2.54 bits per heavy atom. The Morgan fingerprint density at radius 1 is 1.46 bits per heavy atom. The Balaban J connectivity index is 3.30. The molecule has 72 valence electrons. The maximum atomic E-state index is 6.04. The molecule has 0 saturated heterocycles. The Hall–Kier alpha value is -0.760. The average Bonchev–Trinajstić information content (AvgIpc) is 2.04. The van der Waals surface area contributed by atoms with Crippen molar-refractivity contribution in [3.8, 4) is 5.88 Å². The number of aromatic nitrogens is 1. The normalized spacial score (nSPS) is 10.6. The smallest absolute Gasteiger partial charge is 0.216 e. The van der Waals surface area contributed by atoms with Gasteiger partial charge in [-0.15, -0.1) is 0 Å². The minimum Gasteiger partial charge on any atom is -0.481 e. The molecule has 0 amide bonds. The summed E-state index contributed by atoms with van der Waals surface area (Å²) in [5.41, 5.74) is 2.15.